The highest BCUT2D eigenvalue weighted by Crippen LogP contribution is 2.31. The predicted octanol–water partition coefficient (Wildman–Crippen LogP) is 3.19. The fourth-order valence-electron chi connectivity index (χ4n) is 4.58. The van der Waals surface area contributed by atoms with Crippen LogP contribution in [-0.4, -0.2) is 56.9 Å². The van der Waals surface area contributed by atoms with Gasteiger partial charge in [-0.05, 0) is 49.1 Å². The summed E-state index contributed by atoms with van der Waals surface area (Å²) < 4.78 is 21.6. The molecule has 10 nitrogen and oxygen atoms in total. The summed E-state index contributed by atoms with van der Waals surface area (Å²) in [6.07, 6.45) is -0.892. The van der Waals surface area contributed by atoms with Crippen LogP contribution >= 0.6 is 0 Å². The maximum atomic E-state index is 13.5. The maximum absolute atomic E-state index is 13.5. The van der Waals surface area contributed by atoms with Gasteiger partial charge >= 0.3 is 0 Å². The van der Waals surface area contributed by atoms with Gasteiger partial charge in [-0.3, -0.25) is 14.4 Å². The highest BCUT2D eigenvalue weighted by Gasteiger charge is 2.30. The van der Waals surface area contributed by atoms with E-state index in [-0.39, 0.29) is 35.3 Å². The molecular formula is C32H34N2O8. The number of hydrogen-bond donors (Lipinski definition) is 3. The molecular weight excluding hydrogens is 540 g/mol. The van der Waals surface area contributed by atoms with Gasteiger partial charge < -0.3 is 34.4 Å². The van der Waals surface area contributed by atoms with Gasteiger partial charge in [-0.1, -0.05) is 42.5 Å². The molecule has 220 valence electrons. The zero-order valence-electron chi connectivity index (χ0n) is 23.9. The number of nitrogens with one attached hydrogen (secondary N) is 2. The number of amides is 2. The molecule has 2 amide bonds. The Hall–Kier alpha value is -4.83. The first-order chi connectivity index (χ1) is 20.2. The summed E-state index contributed by atoms with van der Waals surface area (Å²) >= 11 is 0. The lowest BCUT2D eigenvalue weighted by atomic mass is 10.00. The van der Waals surface area contributed by atoms with Crippen molar-refractivity contribution >= 4 is 22.8 Å². The van der Waals surface area contributed by atoms with Crippen LogP contribution in [0.25, 0.3) is 11.0 Å². The lowest BCUT2D eigenvalue weighted by Gasteiger charge is -2.24. The van der Waals surface area contributed by atoms with Crippen molar-refractivity contribution in [2.45, 2.75) is 31.9 Å². The number of aliphatic hydroxyl groups is 1. The Morgan fingerprint density at radius 2 is 1.57 bits per heavy atom. The third kappa shape index (κ3) is 6.90. The number of benzene rings is 3. The van der Waals surface area contributed by atoms with Crippen LogP contribution in [0.4, 0.5) is 0 Å². The fourth-order valence-corrected chi connectivity index (χ4v) is 4.58. The van der Waals surface area contributed by atoms with Crippen molar-refractivity contribution in [2.24, 2.45) is 0 Å². The van der Waals surface area contributed by atoms with Gasteiger partial charge in [0.1, 0.15) is 11.3 Å². The third-order valence-electron chi connectivity index (χ3n) is 6.97. The Morgan fingerprint density at radius 3 is 2.21 bits per heavy atom. The lowest BCUT2D eigenvalue weighted by Crippen LogP contribution is -2.52. The minimum absolute atomic E-state index is 0.0733. The molecule has 0 aliphatic heterocycles. The van der Waals surface area contributed by atoms with Crippen LogP contribution in [-0.2, 0) is 17.6 Å². The second-order valence-electron chi connectivity index (χ2n) is 9.69. The molecule has 1 heterocycles. The molecule has 0 fully saturated rings. The Bertz CT molecular complexity index is 1600. The van der Waals surface area contributed by atoms with E-state index in [2.05, 4.69) is 10.6 Å². The van der Waals surface area contributed by atoms with Crippen LogP contribution in [0.2, 0.25) is 0 Å². The number of aliphatic hydroxyl groups excluding tert-OH is 1. The highest BCUT2D eigenvalue weighted by atomic mass is 16.5. The standard InChI is InChI=1S/C32H34N2O8/c1-19-28(35)23-17-26(40-3)27(41-4)18-25(23)42-30(19)32(38)34-24(16-21-8-6-5-7-9-21)29(36)31(37)33-15-14-20-10-12-22(39-2)13-11-20/h5-13,17-18,24,29,36H,14-16H2,1-4H3,(H,33,37)(H,34,38)/t24-,29+/m0/s1. The van der Waals surface area contributed by atoms with Gasteiger partial charge in [-0.15, -0.1) is 0 Å². The van der Waals surface area contributed by atoms with Crippen molar-refractivity contribution in [3.05, 3.63) is 99.4 Å². The summed E-state index contributed by atoms with van der Waals surface area (Å²) in [5, 5.41) is 16.7. The van der Waals surface area contributed by atoms with Gasteiger partial charge in [0.2, 0.25) is 0 Å². The zero-order valence-corrected chi connectivity index (χ0v) is 23.9. The highest BCUT2D eigenvalue weighted by molar-refractivity contribution is 5.96. The summed E-state index contributed by atoms with van der Waals surface area (Å²) in [5.74, 6) is -0.213. The largest absolute Gasteiger partial charge is 0.497 e. The van der Waals surface area contributed by atoms with Crippen LogP contribution in [0.3, 0.4) is 0 Å². The molecule has 0 saturated heterocycles. The van der Waals surface area contributed by atoms with Crippen molar-refractivity contribution in [3.8, 4) is 17.2 Å². The first kappa shape index (κ1) is 30.1. The summed E-state index contributed by atoms with van der Waals surface area (Å²) in [5.41, 5.74) is 1.56. The van der Waals surface area contributed by atoms with Gasteiger partial charge in [-0.2, -0.15) is 0 Å². The molecule has 0 radical (unpaired) electrons. The number of hydrogen-bond acceptors (Lipinski definition) is 8. The molecule has 3 aromatic carbocycles. The first-order valence-corrected chi connectivity index (χ1v) is 13.4. The van der Waals surface area contributed by atoms with Crippen molar-refractivity contribution < 1.29 is 33.3 Å². The Kier molecular flexibility index (Phi) is 9.82. The molecule has 0 bridgehead atoms. The van der Waals surface area contributed by atoms with Gasteiger partial charge in [0.05, 0.1) is 32.8 Å². The molecule has 1 aromatic heterocycles. The number of carbonyl (C=O) groups excluding carboxylic acids is 2. The lowest BCUT2D eigenvalue weighted by molar-refractivity contribution is -0.130. The average molecular weight is 575 g/mol. The van der Waals surface area contributed by atoms with Crippen LogP contribution in [0.15, 0.2) is 75.9 Å². The summed E-state index contributed by atoms with van der Waals surface area (Å²) in [7, 11) is 4.49. The van der Waals surface area contributed by atoms with Crippen LogP contribution in [0.5, 0.6) is 17.2 Å². The minimum Gasteiger partial charge on any atom is -0.497 e. The summed E-state index contributed by atoms with van der Waals surface area (Å²) in [6, 6.07) is 18.5. The molecule has 0 unspecified atom stereocenters. The zero-order chi connectivity index (χ0) is 30.2. The third-order valence-corrected chi connectivity index (χ3v) is 6.97. The van der Waals surface area contributed by atoms with Crippen molar-refractivity contribution in [2.75, 3.05) is 27.9 Å². The topological polar surface area (TPSA) is 136 Å². The van der Waals surface area contributed by atoms with E-state index in [4.69, 9.17) is 18.6 Å². The molecule has 3 N–H and O–H groups in total. The van der Waals surface area contributed by atoms with E-state index in [1.54, 1.807) is 7.11 Å². The molecule has 2 atom stereocenters. The Labute approximate surface area is 243 Å². The van der Waals surface area contributed by atoms with E-state index in [0.717, 1.165) is 16.9 Å². The monoisotopic (exact) mass is 574 g/mol. The van der Waals surface area contributed by atoms with Gasteiger partial charge in [0.25, 0.3) is 11.8 Å². The van der Waals surface area contributed by atoms with E-state index < -0.39 is 29.4 Å². The smallest absolute Gasteiger partial charge is 0.287 e. The molecule has 10 heteroatoms. The second kappa shape index (κ2) is 13.7. The molecule has 0 saturated carbocycles. The molecule has 0 aliphatic carbocycles. The van der Waals surface area contributed by atoms with Crippen molar-refractivity contribution in [1.29, 1.82) is 0 Å². The number of methoxy groups -OCH3 is 3. The second-order valence-corrected chi connectivity index (χ2v) is 9.69. The first-order valence-electron chi connectivity index (χ1n) is 13.4. The van der Waals surface area contributed by atoms with Crippen LogP contribution < -0.4 is 30.3 Å². The molecule has 42 heavy (non-hydrogen) atoms. The van der Waals surface area contributed by atoms with E-state index >= 15 is 0 Å². The number of carbonyl (C=O) groups is 2. The van der Waals surface area contributed by atoms with Crippen molar-refractivity contribution in [3.63, 3.8) is 0 Å². The molecule has 4 aromatic rings. The quantitative estimate of drug-likeness (QED) is 0.235. The number of ether oxygens (including phenoxy) is 3. The predicted molar refractivity (Wildman–Crippen MR) is 157 cm³/mol. The van der Waals surface area contributed by atoms with E-state index in [1.807, 2.05) is 54.6 Å². The Balaban J connectivity index is 1.55. The minimum atomic E-state index is -1.58. The number of fused-ring (bicyclic) bond motifs is 1. The summed E-state index contributed by atoms with van der Waals surface area (Å²) in [6.45, 7) is 1.75. The molecule has 4 rings (SSSR count). The van der Waals surface area contributed by atoms with Gasteiger partial charge in [0.15, 0.2) is 28.8 Å². The van der Waals surface area contributed by atoms with Crippen LogP contribution in [0.1, 0.15) is 27.2 Å². The van der Waals surface area contributed by atoms with E-state index in [0.29, 0.717) is 17.9 Å². The van der Waals surface area contributed by atoms with Gasteiger partial charge in [0, 0.05) is 18.2 Å². The van der Waals surface area contributed by atoms with E-state index in [1.165, 1.54) is 33.3 Å². The number of rotatable bonds is 12. The normalized spacial score (nSPS) is 12.3. The fraction of sp³-hybridized carbons (Fsp3) is 0.281. The Morgan fingerprint density at radius 1 is 0.905 bits per heavy atom. The van der Waals surface area contributed by atoms with Crippen LogP contribution in [0, 0.1) is 6.92 Å². The van der Waals surface area contributed by atoms with Gasteiger partial charge in [-0.25, -0.2) is 0 Å². The molecule has 0 spiro atoms. The van der Waals surface area contributed by atoms with Crippen molar-refractivity contribution in [1.82, 2.24) is 10.6 Å². The summed E-state index contributed by atoms with van der Waals surface area (Å²) in [4.78, 5) is 39.6. The SMILES string of the molecule is COc1ccc(CCNC(=O)[C@H](O)[C@H](Cc2ccccc2)NC(=O)c2oc3cc(OC)c(OC)cc3c(=O)c2C)cc1. The molecule has 0 aliphatic rings. The maximum Gasteiger partial charge on any atom is 0.287 e. The van der Waals surface area contributed by atoms with E-state index in [9.17, 15) is 19.5 Å². The average Bonchev–Trinajstić information content (AvgIpc) is 3.02.